The van der Waals surface area contributed by atoms with Gasteiger partial charge in [-0.25, -0.2) is 4.98 Å². The average molecular weight is 782 g/mol. The fraction of sp³-hybridized carbons (Fsp3) is 0.634. The molecule has 5 atom stereocenters. The largest absolute Gasteiger partial charge is 0.344 e. The predicted molar refractivity (Wildman–Crippen MR) is 214 cm³/mol. The van der Waals surface area contributed by atoms with Crippen LogP contribution < -0.4 is 10.6 Å². The zero-order valence-electron chi connectivity index (χ0n) is 34.4. The molecule has 0 aliphatic carbocycles. The molecule has 0 spiro atoms. The maximum absolute atomic E-state index is 14.5. The molecule has 1 aliphatic heterocycles. The van der Waals surface area contributed by atoms with E-state index in [9.17, 15) is 28.8 Å². The van der Waals surface area contributed by atoms with Crippen LogP contribution in [0, 0.1) is 17.8 Å². The van der Waals surface area contributed by atoms with Crippen LogP contribution in [0.5, 0.6) is 0 Å². The Bertz CT molecular complexity index is 1580. The number of carbonyl (C=O) groups excluding carboxylic acids is 6. The number of rotatable bonds is 19. The summed E-state index contributed by atoms with van der Waals surface area (Å²) in [7, 11) is 4.85. The second kappa shape index (κ2) is 21.1. The summed E-state index contributed by atoms with van der Waals surface area (Å²) in [6.45, 7) is 14.0. The molecule has 1 saturated heterocycles. The smallest absolute Gasteiger partial charge is 0.246 e. The van der Waals surface area contributed by atoms with E-state index >= 15 is 0 Å². The molecule has 1 aromatic carbocycles. The first kappa shape index (κ1) is 45.1. The van der Waals surface area contributed by atoms with Crippen molar-refractivity contribution in [3.63, 3.8) is 0 Å². The van der Waals surface area contributed by atoms with Gasteiger partial charge in [0.1, 0.15) is 35.2 Å². The van der Waals surface area contributed by atoms with Crippen LogP contribution in [-0.4, -0.2) is 118 Å². The Morgan fingerprint density at radius 1 is 0.909 bits per heavy atom. The van der Waals surface area contributed by atoms with E-state index in [2.05, 4.69) is 15.6 Å². The maximum Gasteiger partial charge on any atom is 0.246 e. The third kappa shape index (κ3) is 12.3. The van der Waals surface area contributed by atoms with Gasteiger partial charge in [0.2, 0.25) is 35.4 Å². The molecule has 0 unspecified atom stereocenters. The van der Waals surface area contributed by atoms with Gasteiger partial charge in [0, 0.05) is 52.1 Å². The highest BCUT2D eigenvalue weighted by atomic mass is 32.1. The van der Waals surface area contributed by atoms with Crippen LogP contribution in [0.15, 0.2) is 41.9 Å². The van der Waals surface area contributed by atoms with Gasteiger partial charge in [-0.05, 0) is 49.0 Å². The van der Waals surface area contributed by atoms with Crippen molar-refractivity contribution in [1.82, 2.24) is 35.2 Å². The first-order valence-electron chi connectivity index (χ1n) is 19.6. The normalized spacial score (nSPS) is 16.4. The van der Waals surface area contributed by atoms with Crippen molar-refractivity contribution in [2.24, 2.45) is 17.8 Å². The molecule has 6 amide bonds. The molecule has 14 heteroatoms. The summed E-state index contributed by atoms with van der Waals surface area (Å²) in [6.07, 6.45) is 4.13. The van der Waals surface area contributed by atoms with E-state index < -0.39 is 42.0 Å². The second-order valence-electron chi connectivity index (χ2n) is 15.8. The van der Waals surface area contributed by atoms with Gasteiger partial charge in [0.05, 0.1) is 6.54 Å². The number of hydrogen-bond acceptors (Lipinski definition) is 8. The Labute approximate surface area is 331 Å². The first-order chi connectivity index (χ1) is 26.0. The number of hydrogen-bond donors (Lipinski definition) is 2. The van der Waals surface area contributed by atoms with Gasteiger partial charge in [-0.15, -0.1) is 11.3 Å². The molecule has 13 nitrogen and oxygen atoms in total. The predicted octanol–water partition coefficient (Wildman–Crippen LogP) is 4.12. The summed E-state index contributed by atoms with van der Waals surface area (Å²) in [5, 5.41) is 8.49. The fourth-order valence-corrected chi connectivity index (χ4v) is 7.83. The van der Waals surface area contributed by atoms with Crippen LogP contribution in [0.4, 0.5) is 0 Å². The van der Waals surface area contributed by atoms with Crippen LogP contribution in [-0.2, 0) is 41.7 Å². The minimum atomic E-state index is -1.02. The SMILES string of the molecule is CCCC(=O)N[C@@H](C(=O)N1CCC[C@H]1C(=O)N(C)[C@@H](Cc1ccccc1)C(=O)N[C@@H](CC(C)C)C(=O)N(C)[C@H](C(=O)N(C)Cc1nccs1)C(C)C)C(C)C. The number of thiazole rings is 1. The number of aromatic nitrogens is 1. The lowest BCUT2D eigenvalue weighted by atomic mass is 9.97. The summed E-state index contributed by atoms with van der Waals surface area (Å²) >= 11 is 1.45. The van der Waals surface area contributed by atoms with Crippen molar-refractivity contribution in [3.8, 4) is 0 Å². The zero-order chi connectivity index (χ0) is 41.0. The Balaban J connectivity index is 1.90. The Morgan fingerprint density at radius 3 is 2.15 bits per heavy atom. The van der Waals surface area contributed by atoms with Crippen molar-refractivity contribution in [1.29, 1.82) is 0 Å². The number of carbonyl (C=O) groups is 6. The fourth-order valence-electron chi connectivity index (χ4n) is 7.16. The molecular weight excluding hydrogens is 719 g/mol. The van der Waals surface area contributed by atoms with E-state index in [0.29, 0.717) is 45.2 Å². The number of likely N-dealkylation sites (N-methyl/N-ethyl adjacent to an activating group) is 3. The lowest BCUT2D eigenvalue weighted by Gasteiger charge is -2.37. The van der Waals surface area contributed by atoms with Gasteiger partial charge in [0.25, 0.3) is 0 Å². The van der Waals surface area contributed by atoms with Gasteiger partial charge in [-0.2, -0.15) is 0 Å². The second-order valence-corrected chi connectivity index (χ2v) is 16.8. The molecule has 1 aliphatic rings. The average Bonchev–Trinajstić information content (AvgIpc) is 3.84. The highest BCUT2D eigenvalue weighted by Crippen LogP contribution is 2.24. The highest BCUT2D eigenvalue weighted by Gasteiger charge is 2.43. The minimum Gasteiger partial charge on any atom is -0.344 e. The zero-order valence-corrected chi connectivity index (χ0v) is 35.2. The molecule has 304 valence electrons. The lowest BCUT2D eigenvalue weighted by Crippen LogP contribution is -2.60. The summed E-state index contributed by atoms with van der Waals surface area (Å²) in [5.41, 5.74) is 0.817. The summed E-state index contributed by atoms with van der Waals surface area (Å²) < 4.78 is 0. The first-order valence-corrected chi connectivity index (χ1v) is 20.5. The van der Waals surface area contributed by atoms with E-state index in [1.54, 1.807) is 37.1 Å². The molecule has 0 bridgehead atoms. The summed E-state index contributed by atoms with van der Waals surface area (Å²) in [4.78, 5) is 93.6. The molecule has 2 N–H and O–H groups in total. The number of benzene rings is 1. The molecule has 2 aromatic rings. The van der Waals surface area contributed by atoms with Gasteiger partial charge in [-0.1, -0.05) is 78.8 Å². The number of nitrogens with zero attached hydrogens (tertiary/aromatic N) is 5. The Hall–Kier alpha value is -4.33. The molecule has 3 rings (SSSR count). The van der Waals surface area contributed by atoms with Gasteiger partial charge >= 0.3 is 0 Å². The third-order valence-corrected chi connectivity index (χ3v) is 10.9. The van der Waals surface area contributed by atoms with E-state index in [4.69, 9.17) is 0 Å². The summed E-state index contributed by atoms with van der Waals surface area (Å²) in [6, 6.07) is 4.96. The van der Waals surface area contributed by atoms with Crippen LogP contribution >= 0.6 is 11.3 Å². The monoisotopic (exact) mass is 781 g/mol. The molecular formula is C41H63N7O6S. The summed E-state index contributed by atoms with van der Waals surface area (Å²) in [5.74, 6) is -2.47. The van der Waals surface area contributed by atoms with Crippen molar-refractivity contribution in [2.75, 3.05) is 27.7 Å². The van der Waals surface area contributed by atoms with Crippen LogP contribution in [0.3, 0.4) is 0 Å². The molecule has 55 heavy (non-hydrogen) atoms. The standard InChI is InChI=1S/C41H63N7O6S/c1-11-16-33(49)44-35(27(4)5)40(53)48-21-15-19-31(48)39(52)46(9)32(24-29-17-13-12-14-18-29)37(50)43-30(23-26(2)3)38(51)47(10)36(28(6)7)41(54)45(8)25-34-42-20-22-55-34/h12-14,17-18,20,22,26-28,30-32,35-36H,11,15-16,19,21,23-25H2,1-10H3,(H,43,50)(H,44,49)/t30-,31-,32-,35+,36-/m0/s1. The van der Waals surface area contributed by atoms with Gasteiger partial charge in [-0.3, -0.25) is 28.8 Å². The highest BCUT2D eigenvalue weighted by molar-refractivity contribution is 7.09. The van der Waals surface area contributed by atoms with Crippen molar-refractivity contribution >= 4 is 46.8 Å². The molecule has 0 saturated carbocycles. The molecule has 2 heterocycles. The Kier molecular flexibility index (Phi) is 17.3. The van der Waals surface area contributed by atoms with Gasteiger partial charge in [0.15, 0.2) is 0 Å². The van der Waals surface area contributed by atoms with Crippen molar-refractivity contribution in [3.05, 3.63) is 52.5 Å². The number of amides is 6. The minimum absolute atomic E-state index is 0.0140. The van der Waals surface area contributed by atoms with E-state index in [-0.39, 0.29) is 47.8 Å². The van der Waals surface area contributed by atoms with Crippen LogP contribution in [0.25, 0.3) is 0 Å². The van der Waals surface area contributed by atoms with Crippen molar-refractivity contribution in [2.45, 2.75) is 124 Å². The number of nitrogens with one attached hydrogen (secondary N) is 2. The van der Waals surface area contributed by atoms with Gasteiger partial charge < -0.3 is 30.2 Å². The number of likely N-dealkylation sites (tertiary alicyclic amines) is 1. The maximum atomic E-state index is 14.5. The van der Waals surface area contributed by atoms with E-state index in [1.807, 2.05) is 84.2 Å². The van der Waals surface area contributed by atoms with Crippen LogP contribution in [0.1, 0.15) is 91.1 Å². The molecule has 1 aromatic heterocycles. The topological polar surface area (TPSA) is 152 Å². The molecule has 1 fully saturated rings. The van der Waals surface area contributed by atoms with E-state index in [0.717, 1.165) is 10.6 Å². The van der Waals surface area contributed by atoms with Crippen molar-refractivity contribution < 1.29 is 28.8 Å². The Morgan fingerprint density at radius 2 is 1.58 bits per heavy atom. The third-order valence-electron chi connectivity index (χ3n) is 10.1. The molecule has 0 radical (unpaired) electrons. The van der Waals surface area contributed by atoms with Crippen LogP contribution in [0.2, 0.25) is 0 Å². The lowest BCUT2D eigenvalue weighted by molar-refractivity contribution is -0.150. The quantitative estimate of drug-likeness (QED) is 0.218. The van der Waals surface area contributed by atoms with E-state index in [1.165, 1.54) is 21.1 Å².